The highest BCUT2D eigenvalue weighted by Crippen LogP contribution is 2.39. The van der Waals surface area contributed by atoms with Gasteiger partial charge in [-0.15, -0.1) is 0 Å². The molecule has 0 aliphatic heterocycles. The van der Waals surface area contributed by atoms with E-state index in [0.29, 0.717) is 15.9 Å². The molecule has 6 heteroatoms. The molecule has 21 heavy (non-hydrogen) atoms. The molecule has 0 fully saturated rings. The fourth-order valence-electron chi connectivity index (χ4n) is 2.15. The molecule has 0 saturated heterocycles. The van der Waals surface area contributed by atoms with Crippen molar-refractivity contribution in [2.75, 3.05) is 5.73 Å². The van der Waals surface area contributed by atoms with E-state index in [1.807, 2.05) is 42.5 Å². The Morgan fingerprint density at radius 3 is 2.52 bits per heavy atom. The Balaban J connectivity index is 2.22. The number of nitrogen functional groups attached to an aromatic ring is 1. The van der Waals surface area contributed by atoms with E-state index in [-0.39, 0.29) is 0 Å². The van der Waals surface area contributed by atoms with Gasteiger partial charge in [-0.05, 0) is 34.1 Å². The van der Waals surface area contributed by atoms with Crippen LogP contribution in [-0.4, -0.2) is 10.2 Å². The van der Waals surface area contributed by atoms with Gasteiger partial charge >= 0.3 is 0 Å². The molecule has 0 amide bonds. The van der Waals surface area contributed by atoms with E-state index in [1.165, 1.54) is 0 Å². The van der Waals surface area contributed by atoms with Gasteiger partial charge in [0.15, 0.2) is 5.82 Å². The van der Waals surface area contributed by atoms with Crippen LogP contribution in [0.1, 0.15) is 0 Å². The van der Waals surface area contributed by atoms with Crippen LogP contribution in [0.25, 0.3) is 22.4 Å². The Hall–Kier alpha value is -1.49. The van der Waals surface area contributed by atoms with Gasteiger partial charge in [-0.3, -0.25) is 5.10 Å². The van der Waals surface area contributed by atoms with Crippen molar-refractivity contribution >= 4 is 44.9 Å². The molecule has 3 nitrogen and oxygen atoms in total. The van der Waals surface area contributed by atoms with Crippen LogP contribution in [0, 0.1) is 0 Å². The standard InChI is InChI=1S/C15H10BrCl2N3/c16-10-7-8(5-6-12(10)18)14-13(15(19)21-20-14)9-3-1-2-4-11(9)17/h1-7H,(H3,19,20,21). The van der Waals surface area contributed by atoms with Crippen LogP contribution < -0.4 is 5.73 Å². The molecule has 1 aromatic heterocycles. The third-order valence-electron chi connectivity index (χ3n) is 3.15. The molecule has 0 radical (unpaired) electrons. The van der Waals surface area contributed by atoms with Crippen molar-refractivity contribution in [3.05, 3.63) is 57.0 Å². The molecule has 2 aromatic carbocycles. The van der Waals surface area contributed by atoms with E-state index in [9.17, 15) is 0 Å². The minimum atomic E-state index is 0.407. The normalized spacial score (nSPS) is 10.8. The van der Waals surface area contributed by atoms with Gasteiger partial charge in [-0.2, -0.15) is 5.10 Å². The second kappa shape index (κ2) is 5.72. The smallest absolute Gasteiger partial charge is 0.153 e. The summed E-state index contributed by atoms with van der Waals surface area (Å²) in [7, 11) is 0. The maximum Gasteiger partial charge on any atom is 0.153 e. The lowest BCUT2D eigenvalue weighted by Gasteiger charge is -2.07. The monoisotopic (exact) mass is 381 g/mol. The van der Waals surface area contributed by atoms with E-state index in [1.54, 1.807) is 0 Å². The number of nitrogens with zero attached hydrogens (tertiary/aromatic N) is 1. The lowest BCUT2D eigenvalue weighted by molar-refractivity contribution is 1.10. The van der Waals surface area contributed by atoms with Gasteiger partial charge in [0, 0.05) is 20.6 Å². The number of aromatic amines is 1. The summed E-state index contributed by atoms with van der Waals surface area (Å²) in [6, 6.07) is 13.2. The van der Waals surface area contributed by atoms with Crippen LogP contribution in [-0.2, 0) is 0 Å². The Morgan fingerprint density at radius 2 is 1.81 bits per heavy atom. The zero-order chi connectivity index (χ0) is 15.0. The average molecular weight is 383 g/mol. The first-order valence-electron chi connectivity index (χ1n) is 6.12. The summed E-state index contributed by atoms with van der Waals surface area (Å²) in [6.45, 7) is 0. The topological polar surface area (TPSA) is 54.7 Å². The van der Waals surface area contributed by atoms with Crippen LogP contribution >= 0.6 is 39.1 Å². The van der Waals surface area contributed by atoms with Crippen LogP contribution in [0.15, 0.2) is 46.9 Å². The van der Waals surface area contributed by atoms with E-state index in [0.717, 1.165) is 26.9 Å². The average Bonchev–Trinajstić information content (AvgIpc) is 2.84. The van der Waals surface area contributed by atoms with Crippen LogP contribution in [0.4, 0.5) is 5.82 Å². The Labute approximate surface area is 140 Å². The number of benzene rings is 2. The first-order chi connectivity index (χ1) is 10.1. The Morgan fingerprint density at radius 1 is 1.05 bits per heavy atom. The minimum Gasteiger partial charge on any atom is -0.382 e. The maximum atomic E-state index is 6.28. The highest BCUT2D eigenvalue weighted by Gasteiger charge is 2.17. The summed E-state index contributed by atoms with van der Waals surface area (Å²) < 4.78 is 0.806. The predicted molar refractivity (Wildman–Crippen MR) is 91.6 cm³/mol. The molecule has 1 heterocycles. The number of rotatable bonds is 2. The summed E-state index contributed by atoms with van der Waals surface area (Å²) in [5.41, 5.74) is 9.36. The molecule has 3 N–H and O–H groups in total. The molecule has 0 spiro atoms. The van der Waals surface area contributed by atoms with Gasteiger partial charge in [0.2, 0.25) is 0 Å². The molecule has 0 saturated carbocycles. The van der Waals surface area contributed by atoms with Crippen molar-refractivity contribution in [3.63, 3.8) is 0 Å². The summed E-state index contributed by atoms with van der Waals surface area (Å²) in [6.07, 6.45) is 0. The zero-order valence-electron chi connectivity index (χ0n) is 10.7. The largest absolute Gasteiger partial charge is 0.382 e. The second-order valence-corrected chi connectivity index (χ2v) is 6.14. The Bertz CT molecular complexity index is 814. The minimum absolute atomic E-state index is 0.407. The fourth-order valence-corrected chi connectivity index (χ4v) is 2.88. The molecule has 0 aliphatic carbocycles. The van der Waals surface area contributed by atoms with Crippen LogP contribution in [0.3, 0.4) is 0 Å². The number of nitrogens with one attached hydrogen (secondary N) is 1. The van der Waals surface area contributed by atoms with E-state index in [2.05, 4.69) is 26.1 Å². The molecule has 0 aliphatic rings. The van der Waals surface area contributed by atoms with Crippen LogP contribution in [0.2, 0.25) is 10.0 Å². The molecule has 3 aromatic rings. The van der Waals surface area contributed by atoms with Gasteiger partial charge in [-0.1, -0.05) is 47.5 Å². The molecular weight excluding hydrogens is 373 g/mol. The summed E-state index contributed by atoms with van der Waals surface area (Å²) in [5, 5.41) is 8.34. The molecule has 0 unspecified atom stereocenters. The van der Waals surface area contributed by atoms with Gasteiger partial charge < -0.3 is 5.73 Å². The van der Waals surface area contributed by atoms with Crippen molar-refractivity contribution < 1.29 is 0 Å². The van der Waals surface area contributed by atoms with Crippen molar-refractivity contribution in [2.45, 2.75) is 0 Å². The zero-order valence-corrected chi connectivity index (χ0v) is 13.8. The van der Waals surface area contributed by atoms with Gasteiger partial charge in [0.25, 0.3) is 0 Å². The first kappa shape index (κ1) is 14.4. The molecule has 0 atom stereocenters. The lowest BCUT2D eigenvalue weighted by atomic mass is 10.0. The maximum absolute atomic E-state index is 6.28. The van der Waals surface area contributed by atoms with Crippen LogP contribution in [0.5, 0.6) is 0 Å². The third kappa shape index (κ3) is 2.67. The fraction of sp³-hybridized carbons (Fsp3) is 0. The summed E-state index contributed by atoms with van der Waals surface area (Å²) in [5.74, 6) is 0.407. The summed E-state index contributed by atoms with van der Waals surface area (Å²) >= 11 is 15.7. The first-order valence-corrected chi connectivity index (χ1v) is 7.67. The number of nitrogens with two attached hydrogens (primary N) is 1. The molecule has 106 valence electrons. The quantitative estimate of drug-likeness (QED) is 0.623. The number of halogens is 3. The second-order valence-electron chi connectivity index (χ2n) is 4.47. The number of hydrogen-bond acceptors (Lipinski definition) is 2. The molecule has 0 bridgehead atoms. The Kier molecular flexibility index (Phi) is 3.93. The lowest BCUT2D eigenvalue weighted by Crippen LogP contribution is -1.89. The number of anilines is 1. The highest BCUT2D eigenvalue weighted by atomic mass is 79.9. The highest BCUT2D eigenvalue weighted by molar-refractivity contribution is 9.10. The number of hydrogen-bond donors (Lipinski definition) is 2. The van der Waals surface area contributed by atoms with Crippen molar-refractivity contribution in [1.29, 1.82) is 0 Å². The molecular formula is C15H10BrCl2N3. The van der Waals surface area contributed by atoms with E-state index >= 15 is 0 Å². The predicted octanol–water partition coefficient (Wildman–Crippen LogP) is 5.40. The third-order valence-corrected chi connectivity index (χ3v) is 4.69. The number of H-pyrrole nitrogens is 1. The summed E-state index contributed by atoms with van der Waals surface area (Å²) in [4.78, 5) is 0. The van der Waals surface area contributed by atoms with Crippen molar-refractivity contribution in [1.82, 2.24) is 10.2 Å². The number of aromatic nitrogens is 2. The van der Waals surface area contributed by atoms with E-state index < -0.39 is 0 Å². The van der Waals surface area contributed by atoms with Crippen molar-refractivity contribution in [2.24, 2.45) is 0 Å². The van der Waals surface area contributed by atoms with E-state index in [4.69, 9.17) is 28.9 Å². The van der Waals surface area contributed by atoms with Gasteiger partial charge in [0.1, 0.15) is 0 Å². The van der Waals surface area contributed by atoms with Crippen molar-refractivity contribution in [3.8, 4) is 22.4 Å². The SMILES string of the molecule is Nc1n[nH]c(-c2ccc(Cl)c(Br)c2)c1-c1ccccc1Cl. The van der Waals surface area contributed by atoms with Gasteiger partial charge in [0.05, 0.1) is 16.3 Å². The molecule has 3 rings (SSSR count). The van der Waals surface area contributed by atoms with Gasteiger partial charge in [-0.25, -0.2) is 0 Å².